The first kappa shape index (κ1) is 11.9. The molecule has 2 heteroatoms. The van der Waals surface area contributed by atoms with Crippen LogP contribution in [-0.2, 0) is 6.42 Å². The van der Waals surface area contributed by atoms with Crippen molar-refractivity contribution in [3.05, 3.63) is 41.7 Å². The van der Waals surface area contributed by atoms with E-state index in [1.54, 1.807) is 0 Å². The van der Waals surface area contributed by atoms with Gasteiger partial charge < -0.3 is 0 Å². The van der Waals surface area contributed by atoms with E-state index in [1.165, 1.54) is 22.3 Å². The fourth-order valence-electron chi connectivity index (χ4n) is 2.19. The molecule has 0 unspecified atom stereocenters. The molecular formula is C15H20N2. The van der Waals surface area contributed by atoms with Gasteiger partial charge in [0.1, 0.15) is 0 Å². The normalized spacial score (nSPS) is 11.1. The monoisotopic (exact) mass is 228 g/mol. The lowest BCUT2D eigenvalue weighted by Gasteiger charge is -2.09. The van der Waals surface area contributed by atoms with Gasteiger partial charge in [0.05, 0.1) is 6.20 Å². The smallest absolute Gasteiger partial charge is 0.0568 e. The predicted octanol–water partition coefficient (Wildman–Crippen LogP) is 4.00. The van der Waals surface area contributed by atoms with Gasteiger partial charge in [0, 0.05) is 17.8 Å². The molecule has 0 radical (unpaired) electrons. The average molecular weight is 228 g/mol. The Morgan fingerprint density at radius 3 is 2.65 bits per heavy atom. The summed E-state index contributed by atoms with van der Waals surface area (Å²) in [7, 11) is 0. The van der Waals surface area contributed by atoms with Crippen molar-refractivity contribution in [1.29, 1.82) is 0 Å². The lowest BCUT2D eigenvalue weighted by Crippen LogP contribution is -1.99. The molecule has 0 saturated heterocycles. The second-order valence-electron chi connectivity index (χ2n) is 4.77. The SMILES string of the molecule is CCc1cccc(C)c1-c1cnn(C(C)C)c1. The van der Waals surface area contributed by atoms with Crippen LogP contribution in [0.4, 0.5) is 0 Å². The molecule has 0 bridgehead atoms. The molecule has 0 N–H and O–H groups in total. The van der Waals surface area contributed by atoms with Crippen LogP contribution in [0.25, 0.3) is 11.1 Å². The zero-order valence-electron chi connectivity index (χ0n) is 11.1. The summed E-state index contributed by atoms with van der Waals surface area (Å²) in [6.45, 7) is 8.66. The van der Waals surface area contributed by atoms with E-state index in [2.05, 4.69) is 57.2 Å². The van der Waals surface area contributed by atoms with Crippen LogP contribution >= 0.6 is 0 Å². The average Bonchev–Trinajstić information content (AvgIpc) is 2.77. The fraction of sp³-hybridized carbons (Fsp3) is 0.400. The van der Waals surface area contributed by atoms with Crippen LogP contribution in [0.15, 0.2) is 30.6 Å². The number of benzene rings is 1. The number of hydrogen-bond acceptors (Lipinski definition) is 1. The molecule has 1 heterocycles. The molecule has 2 nitrogen and oxygen atoms in total. The zero-order chi connectivity index (χ0) is 12.4. The molecule has 17 heavy (non-hydrogen) atoms. The maximum Gasteiger partial charge on any atom is 0.0568 e. The van der Waals surface area contributed by atoms with Crippen LogP contribution in [0.5, 0.6) is 0 Å². The van der Waals surface area contributed by atoms with Crippen molar-refractivity contribution < 1.29 is 0 Å². The number of aryl methyl sites for hydroxylation is 2. The van der Waals surface area contributed by atoms with Gasteiger partial charge in [-0.15, -0.1) is 0 Å². The van der Waals surface area contributed by atoms with Crippen LogP contribution in [0.3, 0.4) is 0 Å². The van der Waals surface area contributed by atoms with Crippen LogP contribution in [-0.4, -0.2) is 9.78 Å². The quantitative estimate of drug-likeness (QED) is 0.776. The molecule has 90 valence electrons. The van der Waals surface area contributed by atoms with Gasteiger partial charge in [0.2, 0.25) is 0 Å². The van der Waals surface area contributed by atoms with Crippen molar-refractivity contribution >= 4 is 0 Å². The highest BCUT2D eigenvalue weighted by Crippen LogP contribution is 2.28. The summed E-state index contributed by atoms with van der Waals surface area (Å²) >= 11 is 0. The highest BCUT2D eigenvalue weighted by Gasteiger charge is 2.09. The van der Waals surface area contributed by atoms with Crippen molar-refractivity contribution in [3.63, 3.8) is 0 Å². The minimum absolute atomic E-state index is 0.415. The first-order valence-electron chi connectivity index (χ1n) is 6.26. The van der Waals surface area contributed by atoms with Crippen LogP contribution in [0.2, 0.25) is 0 Å². The molecule has 0 fully saturated rings. The summed E-state index contributed by atoms with van der Waals surface area (Å²) in [6, 6.07) is 6.92. The summed E-state index contributed by atoms with van der Waals surface area (Å²) in [5, 5.41) is 4.43. The number of rotatable bonds is 3. The Hall–Kier alpha value is -1.57. The molecule has 0 aliphatic heterocycles. The van der Waals surface area contributed by atoms with E-state index < -0.39 is 0 Å². The number of aromatic nitrogens is 2. The van der Waals surface area contributed by atoms with Crippen molar-refractivity contribution in [2.24, 2.45) is 0 Å². The van der Waals surface area contributed by atoms with Crippen LogP contribution in [0, 0.1) is 6.92 Å². The molecule has 0 amide bonds. The van der Waals surface area contributed by atoms with E-state index in [0.29, 0.717) is 6.04 Å². The van der Waals surface area contributed by atoms with Gasteiger partial charge >= 0.3 is 0 Å². The van der Waals surface area contributed by atoms with E-state index in [4.69, 9.17) is 0 Å². The van der Waals surface area contributed by atoms with E-state index in [0.717, 1.165) is 6.42 Å². The van der Waals surface area contributed by atoms with Crippen molar-refractivity contribution in [3.8, 4) is 11.1 Å². The first-order chi connectivity index (χ1) is 8.13. The van der Waals surface area contributed by atoms with Gasteiger partial charge in [-0.3, -0.25) is 4.68 Å². The Morgan fingerprint density at radius 2 is 2.06 bits per heavy atom. The largest absolute Gasteiger partial charge is 0.270 e. The van der Waals surface area contributed by atoms with Crippen molar-refractivity contribution in [2.75, 3.05) is 0 Å². The fourth-order valence-corrected chi connectivity index (χ4v) is 2.19. The zero-order valence-corrected chi connectivity index (χ0v) is 11.1. The van der Waals surface area contributed by atoms with E-state index in [9.17, 15) is 0 Å². The molecule has 0 spiro atoms. The standard InChI is InChI=1S/C15H20N2/c1-5-13-8-6-7-12(4)15(13)14-9-16-17(10-14)11(2)3/h6-11H,5H2,1-4H3. The molecular weight excluding hydrogens is 208 g/mol. The van der Waals surface area contributed by atoms with E-state index in [-0.39, 0.29) is 0 Å². The Bertz CT molecular complexity index is 509. The van der Waals surface area contributed by atoms with Gasteiger partial charge in [0.25, 0.3) is 0 Å². The summed E-state index contributed by atoms with van der Waals surface area (Å²) in [4.78, 5) is 0. The maximum absolute atomic E-state index is 4.43. The Labute approximate surface area is 103 Å². The second-order valence-corrected chi connectivity index (χ2v) is 4.77. The van der Waals surface area contributed by atoms with Crippen molar-refractivity contribution in [1.82, 2.24) is 9.78 Å². The van der Waals surface area contributed by atoms with Gasteiger partial charge in [0.15, 0.2) is 0 Å². The minimum atomic E-state index is 0.415. The van der Waals surface area contributed by atoms with Crippen molar-refractivity contribution in [2.45, 2.75) is 40.2 Å². The number of hydrogen-bond donors (Lipinski definition) is 0. The van der Waals surface area contributed by atoms with Gasteiger partial charge in [-0.05, 0) is 43.9 Å². The van der Waals surface area contributed by atoms with Gasteiger partial charge in [-0.25, -0.2) is 0 Å². The van der Waals surface area contributed by atoms with Crippen LogP contribution in [0.1, 0.15) is 37.9 Å². The lowest BCUT2D eigenvalue weighted by atomic mass is 9.96. The Morgan fingerprint density at radius 1 is 1.29 bits per heavy atom. The lowest BCUT2D eigenvalue weighted by molar-refractivity contribution is 0.532. The number of nitrogens with zero attached hydrogens (tertiary/aromatic N) is 2. The molecule has 0 aliphatic rings. The third-order valence-corrected chi connectivity index (χ3v) is 3.16. The summed E-state index contributed by atoms with van der Waals surface area (Å²) in [5.41, 5.74) is 5.30. The summed E-state index contributed by atoms with van der Waals surface area (Å²) in [6.07, 6.45) is 5.18. The summed E-state index contributed by atoms with van der Waals surface area (Å²) < 4.78 is 2.02. The maximum atomic E-state index is 4.43. The summed E-state index contributed by atoms with van der Waals surface area (Å²) in [5.74, 6) is 0. The highest BCUT2D eigenvalue weighted by atomic mass is 15.3. The molecule has 1 aromatic heterocycles. The highest BCUT2D eigenvalue weighted by molar-refractivity contribution is 5.69. The van der Waals surface area contributed by atoms with E-state index in [1.807, 2.05) is 10.9 Å². The topological polar surface area (TPSA) is 17.8 Å². The van der Waals surface area contributed by atoms with Gasteiger partial charge in [-0.2, -0.15) is 5.10 Å². The molecule has 0 atom stereocenters. The molecule has 1 aromatic carbocycles. The molecule has 2 aromatic rings. The third-order valence-electron chi connectivity index (χ3n) is 3.16. The van der Waals surface area contributed by atoms with Gasteiger partial charge in [-0.1, -0.05) is 25.1 Å². The third kappa shape index (κ3) is 2.26. The molecule has 2 rings (SSSR count). The first-order valence-corrected chi connectivity index (χ1v) is 6.26. The predicted molar refractivity (Wildman–Crippen MR) is 72.2 cm³/mol. The molecule has 0 aliphatic carbocycles. The van der Waals surface area contributed by atoms with E-state index >= 15 is 0 Å². The Balaban J connectivity index is 2.51. The second kappa shape index (κ2) is 4.74. The minimum Gasteiger partial charge on any atom is -0.270 e. The Kier molecular flexibility index (Phi) is 3.32. The van der Waals surface area contributed by atoms with Crippen LogP contribution < -0.4 is 0 Å². The molecule has 0 saturated carbocycles.